The number of rotatable bonds is 4. The Morgan fingerprint density at radius 3 is 3.10 bits per heavy atom. The lowest BCUT2D eigenvalue weighted by Crippen LogP contribution is -2.25. The van der Waals surface area contributed by atoms with Gasteiger partial charge in [-0.2, -0.15) is 0 Å². The van der Waals surface area contributed by atoms with Gasteiger partial charge in [-0.15, -0.1) is 0 Å². The number of azide groups is 1. The predicted molar refractivity (Wildman–Crippen MR) is 75.8 cm³/mol. The van der Waals surface area contributed by atoms with Gasteiger partial charge < -0.3 is 9.88 Å². The van der Waals surface area contributed by atoms with Crippen molar-refractivity contribution in [1.82, 2.24) is 9.88 Å². The third kappa shape index (κ3) is 2.46. The average molecular weight is 269 g/mol. The molecule has 1 aromatic carbocycles. The van der Waals surface area contributed by atoms with Crippen molar-refractivity contribution in [1.29, 1.82) is 0 Å². The van der Waals surface area contributed by atoms with Gasteiger partial charge in [-0.25, -0.2) is 0 Å². The maximum Gasteiger partial charge on any atom is 0.223 e. The number of aromatic nitrogens is 1. The lowest BCUT2D eigenvalue weighted by molar-refractivity contribution is -0.128. The van der Waals surface area contributed by atoms with Crippen molar-refractivity contribution in [3.05, 3.63) is 46.5 Å². The molecule has 1 atom stereocenters. The summed E-state index contributed by atoms with van der Waals surface area (Å²) in [6.45, 7) is 1.64. The molecule has 1 amide bonds. The highest BCUT2D eigenvalue weighted by atomic mass is 16.2. The van der Waals surface area contributed by atoms with Gasteiger partial charge in [0.2, 0.25) is 5.91 Å². The minimum Gasteiger partial charge on any atom is -0.357 e. The average Bonchev–Trinajstić information content (AvgIpc) is 3.00. The fraction of sp³-hybridized carbons (Fsp3) is 0.357. The van der Waals surface area contributed by atoms with Gasteiger partial charge in [0.1, 0.15) is 0 Å². The van der Waals surface area contributed by atoms with Crippen LogP contribution in [0, 0.1) is 5.92 Å². The number of fused-ring (bicyclic) bond motifs is 1. The molecule has 1 aliphatic rings. The Kier molecular flexibility index (Phi) is 3.31. The van der Waals surface area contributed by atoms with Gasteiger partial charge in [-0.3, -0.25) is 4.79 Å². The molecule has 2 heterocycles. The summed E-state index contributed by atoms with van der Waals surface area (Å²) < 4.78 is 0. The molecular formula is C14H15N5O. The number of aromatic amines is 1. The van der Waals surface area contributed by atoms with Gasteiger partial charge >= 0.3 is 0 Å². The topological polar surface area (TPSA) is 84.9 Å². The number of H-pyrrole nitrogens is 1. The molecule has 0 aliphatic carbocycles. The molecule has 3 rings (SSSR count). The second-order valence-electron chi connectivity index (χ2n) is 5.14. The Labute approximate surface area is 116 Å². The van der Waals surface area contributed by atoms with Crippen molar-refractivity contribution >= 4 is 16.8 Å². The van der Waals surface area contributed by atoms with Crippen LogP contribution in [-0.2, 0) is 11.3 Å². The first kappa shape index (κ1) is 12.6. The van der Waals surface area contributed by atoms with E-state index >= 15 is 0 Å². The highest BCUT2D eigenvalue weighted by Crippen LogP contribution is 2.22. The molecule has 0 saturated carbocycles. The summed E-state index contributed by atoms with van der Waals surface area (Å²) in [5, 5.41) is 4.71. The normalized spacial score (nSPS) is 18.5. The lowest BCUT2D eigenvalue weighted by Gasteiger charge is -2.15. The summed E-state index contributed by atoms with van der Waals surface area (Å²) in [5.74, 6) is 0.268. The third-order valence-corrected chi connectivity index (χ3v) is 3.64. The summed E-state index contributed by atoms with van der Waals surface area (Å²) in [6, 6.07) is 10.1. The Bertz CT molecular complexity index is 653. The van der Waals surface area contributed by atoms with Crippen molar-refractivity contribution in [3.8, 4) is 0 Å². The summed E-state index contributed by atoms with van der Waals surface area (Å²) in [6.07, 6.45) is 0.471. The molecule has 102 valence electrons. The molecule has 20 heavy (non-hydrogen) atoms. The molecular weight excluding hydrogens is 254 g/mol. The summed E-state index contributed by atoms with van der Waals surface area (Å²) >= 11 is 0. The Hall–Kier alpha value is -2.46. The molecule has 6 nitrogen and oxygen atoms in total. The molecule has 1 unspecified atom stereocenters. The Morgan fingerprint density at radius 2 is 2.30 bits per heavy atom. The van der Waals surface area contributed by atoms with Crippen LogP contribution in [0.3, 0.4) is 0 Å². The zero-order chi connectivity index (χ0) is 13.9. The van der Waals surface area contributed by atoms with Crippen LogP contribution in [0.15, 0.2) is 35.4 Å². The molecule has 0 bridgehead atoms. The van der Waals surface area contributed by atoms with E-state index < -0.39 is 0 Å². The number of carbonyl (C=O) groups excluding carboxylic acids is 1. The number of hydrogen-bond acceptors (Lipinski definition) is 2. The zero-order valence-electron chi connectivity index (χ0n) is 11.0. The van der Waals surface area contributed by atoms with Crippen molar-refractivity contribution in [3.63, 3.8) is 0 Å². The molecule has 1 saturated heterocycles. The summed E-state index contributed by atoms with van der Waals surface area (Å²) in [5.41, 5.74) is 10.4. The first-order valence-electron chi connectivity index (χ1n) is 6.61. The fourth-order valence-electron chi connectivity index (χ4n) is 2.71. The molecule has 1 aromatic heterocycles. The van der Waals surface area contributed by atoms with Gasteiger partial charge in [-0.05, 0) is 29.0 Å². The molecule has 0 radical (unpaired) electrons. The van der Waals surface area contributed by atoms with Crippen LogP contribution in [-0.4, -0.2) is 28.9 Å². The van der Waals surface area contributed by atoms with E-state index in [1.165, 1.54) is 0 Å². The number of likely N-dealkylation sites (tertiary alicyclic amines) is 1. The van der Waals surface area contributed by atoms with Crippen molar-refractivity contribution in [2.75, 3.05) is 13.1 Å². The summed E-state index contributed by atoms with van der Waals surface area (Å²) in [4.78, 5) is 19.8. The first-order valence-corrected chi connectivity index (χ1v) is 6.61. The smallest absolute Gasteiger partial charge is 0.223 e. The van der Waals surface area contributed by atoms with Gasteiger partial charge in [0.25, 0.3) is 0 Å². The van der Waals surface area contributed by atoms with Gasteiger partial charge in [-0.1, -0.05) is 23.3 Å². The monoisotopic (exact) mass is 269 g/mol. The van der Waals surface area contributed by atoms with Crippen LogP contribution in [0.5, 0.6) is 0 Å². The van der Waals surface area contributed by atoms with E-state index in [1.807, 2.05) is 29.2 Å². The third-order valence-electron chi connectivity index (χ3n) is 3.64. The molecule has 1 N–H and O–H groups in total. The van der Waals surface area contributed by atoms with E-state index in [9.17, 15) is 4.79 Å². The van der Waals surface area contributed by atoms with Crippen LogP contribution < -0.4 is 0 Å². The molecule has 2 aromatic rings. The van der Waals surface area contributed by atoms with Crippen molar-refractivity contribution < 1.29 is 4.79 Å². The van der Waals surface area contributed by atoms with E-state index in [0.717, 1.165) is 16.6 Å². The number of benzene rings is 1. The lowest BCUT2D eigenvalue weighted by atomic mass is 10.1. The first-order chi connectivity index (χ1) is 9.76. The minimum atomic E-state index is 0.127. The van der Waals surface area contributed by atoms with Crippen LogP contribution in [0.25, 0.3) is 21.3 Å². The number of para-hydroxylation sites is 1. The Morgan fingerprint density at radius 1 is 1.45 bits per heavy atom. The van der Waals surface area contributed by atoms with Gasteiger partial charge in [0.15, 0.2) is 0 Å². The minimum absolute atomic E-state index is 0.127. The number of amides is 1. The maximum absolute atomic E-state index is 11.9. The SMILES string of the molecule is [N-]=[N+]=NCC1CC(=O)N(Cc2cc3ccccc3[nH]2)C1. The quantitative estimate of drug-likeness (QED) is 0.516. The van der Waals surface area contributed by atoms with Gasteiger partial charge in [0.05, 0.1) is 6.54 Å². The zero-order valence-corrected chi connectivity index (χ0v) is 11.0. The maximum atomic E-state index is 11.9. The van der Waals surface area contributed by atoms with Gasteiger partial charge in [0, 0.05) is 35.6 Å². The highest BCUT2D eigenvalue weighted by Gasteiger charge is 2.29. The van der Waals surface area contributed by atoms with Crippen LogP contribution in [0.2, 0.25) is 0 Å². The molecule has 6 heteroatoms. The Balaban J connectivity index is 1.71. The predicted octanol–water partition coefficient (Wildman–Crippen LogP) is 2.83. The fourth-order valence-corrected chi connectivity index (χ4v) is 2.71. The largest absolute Gasteiger partial charge is 0.357 e. The molecule has 1 fully saturated rings. The number of carbonyl (C=O) groups is 1. The second-order valence-corrected chi connectivity index (χ2v) is 5.14. The number of nitrogens with zero attached hydrogens (tertiary/aromatic N) is 4. The second kappa shape index (κ2) is 5.27. The van der Waals surface area contributed by atoms with E-state index in [2.05, 4.69) is 21.1 Å². The number of hydrogen-bond donors (Lipinski definition) is 1. The van der Waals surface area contributed by atoms with E-state index in [1.54, 1.807) is 0 Å². The standard InChI is InChI=1S/C14H15N5O/c15-18-16-7-10-5-14(20)19(8-10)9-12-6-11-3-1-2-4-13(11)17-12/h1-4,6,10,17H,5,7-9H2. The summed E-state index contributed by atoms with van der Waals surface area (Å²) in [7, 11) is 0. The van der Waals surface area contributed by atoms with Crippen molar-refractivity contribution in [2.24, 2.45) is 11.0 Å². The highest BCUT2D eigenvalue weighted by molar-refractivity contribution is 5.81. The van der Waals surface area contributed by atoms with Crippen LogP contribution in [0.4, 0.5) is 0 Å². The molecule has 0 spiro atoms. The number of nitrogens with one attached hydrogen (secondary N) is 1. The van der Waals surface area contributed by atoms with E-state index in [-0.39, 0.29) is 11.8 Å². The van der Waals surface area contributed by atoms with Crippen LogP contribution >= 0.6 is 0 Å². The van der Waals surface area contributed by atoms with Crippen molar-refractivity contribution in [2.45, 2.75) is 13.0 Å². The van der Waals surface area contributed by atoms with Crippen LogP contribution in [0.1, 0.15) is 12.1 Å². The molecule has 1 aliphatic heterocycles. The van der Waals surface area contributed by atoms with E-state index in [4.69, 9.17) is 5.53 Å². The van der Waals surface area contributed by atoms with E-state index in [0.29, 0.717) is 26.1 Å².